The number of rotatable bonds is 17. The molecule has 0 unspecified atom stereocenters. The van der Waals surface area contributed by atoms with Crippen molar-refractivity contribution in [1.82, 2.24) is 21.3 Å². The predicted molar refractivity (Wildman–Crippen MR) is 177 cm³/mol. The lowest BCUT2D eigenvalue weighted by Gasteiger charge is -2.21. The molecular formula is C33H38N6O8S. The molecular weight excluding hydrogens is 640 g/mol. The highest BCUT2D eigenvalue weighted by atomic mass is 32.1. The lowest BCUT2D eigenvalue weighted by atomic mass is 10.1. The first-order chi connectivity index (χ1) is 22.9. The smallest absolute Gasteiger partial charge is 0.303 e. The van der Waals surface area contributed by atoms with Crippen LogP contribution in [0.15, 0.2) is 72.1 Å². The van der Waals surface area contributed by atoms with Gasteiger partial charge in [0.05, 0.1) is 19.5 Å². The van der Waals surface area contributed by atoms with Crippen LogP contribution in [0, 0.1) is 6.92 Å². The Kier molecular flexibility index (Phi) is 14.3. The summed E-state index contributed by atoms with van der Waals surface area (Å²) in [6.45, 7) is 2.02. The number of primary amides is 1. The summed E-state index contributed by atoms with van der Waals surface area (Å²) < 4.78 is 5.11. The van der Waals surface area contributed by atoms with E-state index in [-0.39, 0.29) is 12.8 Å². The normalized spacial score (nSPS) is 12.4. The lowest BCUT2D eigenvalue weighted by Crippen LogP contribution is -2.54. The molecule has 6 amide bonds. The van der Waals surface area contributed by atoms with Gasteiger partial charge in [0.25, 0.3) is 5.91 Å². The molecule has 1 aromatic heterocycles. The molecule has 0 aliphatic carbocycles. The maximum absolute atomic E-state index is 13.3. The Labute approximate surface area is 281 Å². The van der Waals surface area contributed by atoms with E-state index >= 15 is 0 Å². The number of carbonyl (C=O) groups excluding carboxylic acids is 7. The van der Waals surface area contributed by atoms with Gasteiger partial charge in [0.1, 0.15) is 12.1 Å². The number of anilines is 1. The fourth-order valence-corrected chi connectivity index (χ4v) is 5.15. The minimum atomic E-state index is -1.48. The van der Waals surface area contributed by atoms with E-state index in [2.05, 4.69) is 26.6 Å². The molecule has 0 fully saturated rings. The van der Waals surface area contributed by atoms with Gasteiger partial charge in [-0.2, -0.15) is 0 Å². The van der Waals surface area contributed by atoms with Gasteiger partial charge in [0, 0.05) is 30.3 Å². The first kappa shape index (κ1) is 36.9. The van der Waals surface area contributed by atoms with Gasteiger partial charge >= 0.3 is 5.97 Å². The van der Waals surface area contributed by atoms with E-state index in [4.69, 9.17) is 10.5 Å². The first-order valence-corrected chi connectivity index (χ1v) is 15.8. The Morgan fingerprint density at radius 2 is 1.38 bits per heavy atom. The van der Waals surface area contributed by atoms with Gasteiger partial charge in [-0.05, 0) is 36.1 Å². The molecule has 3 atom stereocenters. The third kappa shape index (κ3) is 13.0. The van der Waals surface area contributed by atoms with Gasteiger partial charge in [-0.15, -0.1) is 11.3 Å². The standard InChI is InChI=1S/C33H38N6O8S/c1-20-10-12-23(13-11-20)37-33(46)27(47-21(2)40)17-29(42)38-26(16-24-9-6-14-48-24)32(45)36-19-30(43)39-25(31(44)35-18-28(34)41)15-22-7-4-3-5-8-22/h3-14,25-27H,15-19H2,1-2H3,(H2,34,41)(H,35,44)(H,36,45)(H,37,46)(H,38,42)(H,39,43)/t25-,26-,27-/m1/s1. The average Bonchev–Trinajstić information content (AvgIpc) is 3.56. The van der Waals surface area contributed by atoms with E-state index in [0.29, 0.717) is 5.69 Å². The number of hydrogen-bond donors (Lipinski definition) is 6. The van der Waals surface area contributed by atoms with Crippen LogP contribution in [-0.2, 0) is 51.1 Å². The molecule has 0 saturated carbocycles. The van der Waals surface area contributed by atoms with Crippen molar-refractivity contribution in [3.05, 3.63) is 88.1 Å². The van der Waals surface area contributed by atoms with Crippen LogP contribution in [0.2, 0.25) is 0 Å². The fourth-order valence-electron chi connectivity index (χ4n) is 4.40. The third-order valence-electron chi connectivity index (χ3n) is 6.72. The molecule has 3 aromatic rings. The van der Waals surface area contributed by atoms with Crippen LogP contribution in [0.4, 0.5) is 5.69 Å². The molecule has 7 N–H and O–H groups in total. The van der Waals surface area contributed by atoms with Crippen LogP contribution in [0.25, 0.3) is 0 Å². The van der Waals surface area contributed by atoms with E-state index in [1.54, 1.807) is 72.1 Å². The maximum atomic E-state index is 13.3. The number of amides is 6. The van der Waals surface area contributed by atoms with Crippen LogP contribution in [-0.4, -0.2) is 72.7 Å². The molecule has 0 saturated heterocycles. The number of benzene rings is 2. The number of nitrogens with one attached hydrogen (secondary N) is 5. The molecule has 48 heavy (non-hydrogen) atoms. The van der Waals surface area contributed by atoms with Crippen LogP contribution >= 0.6 is 11.3 Å². The van der Waals surface area contributed by atoms with Crippen molar-refractivity contribution in [1.29, 1.82) is 0 Å². The molecule has 0 aliphatic heterocycles. The van der Waals surface area contributed by atoms with Gasteiger partial charge in [0.2, 0.25) is 29.5 Å². The predicted octanol–water partition coefficient (Wildman–Crippen LogP) is 0.490. The number of aryl methyl sites for hydroxylation is 1. The monoisotopic (exact) mass is 678 g/mol. The van der Waals surface area contributed by atoms with Gasteiger partial charge < -0.3 is 37.1 Å². The Bertz CT molecular complexity index is 1580. The van der Waals surface area contributed by atoms with Crippen LogP contribution in [0.5, 0.6) is 0 Å². The lowest BCUT2D eigenvalue weighted by molar-refractivity contribution is -0.153. The summed E-state index contributed by atoms with van der Waals surface area (Å²) in [5, 5.41) is 14.4. The molecule has 254 valence electrons. The van der Waals surface area contributed by atoms with Crippen molar-refractivity contribution in [3.63, 3.8) is 0 Å². The Balaban J connectivity index is 1.65. The summed E-state index contributed by atoms with van der Waals surface area (Å²) in [5.74, 6) is -5.08. The van der Waals surface area contributed by atoms with E-state index < -0.39 is 79.1 Å². The van der Waals surface area contributed by atoms with Gasteiger partial charge in [0.15, 0.2) is 6.10 Å². The van der Waals surface area contributed by atoms with Crippen molar-refractivity contribution in [2.24, 2.45) is 5.73 Å². The zero-order chi connectivity index (χ0) is 35.1. The molecule has 0 aliphatic rings. The number of nitrogens with two attached hydrogens (primary N) is 1. The largest absolute Gasteiger partial charge is 0.452 e. The van der Waals surface area contributed by atoms with Crippen molar-refractivity contribution in [3.8, 4) is 0 Å². The summed E-state index contributed by atoms with van der Waals surface area (Å²) >= 11 is 1.35. The number of ether oxygens (including phenoxy) is 1. The number of hydrogen-bond acceptors (Lipinski definition) is 9. The second kappa shape index (κ2) is 18.5. The first-order valence-electron chi connectivity index (χ1n) is 14.9. The van der Waals surface area contributed by atoms with Crippen molar-refractivity contribution in [2.45, 2.75) is 51.3 Å². The summed E-state index contributed by atoms with van der Waals surface area (Å²) in [7, 11) is 0. The van der Waals surface area contributed by atoms with E-state index in [9.17, 15) is 33.6 Å². The van der Waals surface area contributed by atoms with Crippen molar-refractivity contribution < 1.29 is 38.3 Å². The van der Waals surface area contributed by atoms with E-state index in [0.717, 1.165) is 22.9 Å². The quantitative estimate of drug-likeness (QED) is 0.110. The average molecular weight is 679 g/mol. The van der Waals surface area contributed by atoms with Crippen LogP contribution in [0.3, 0.4) is 0 Å². The van der Waals surface area contributed by atoms with Gasteiger partial charge in [-0.1, -0.05) is 54.1 Å². The van der Waals surface area contributed by atoms with E-state index in [1.807, 2.05) is 6.92 Å². The molecule has 3 rings (SSSR count). The molecule has 0 bridgehead atoms. The number of carbonyl (C=O) groups is 7. The molecule has 0 spiro atoms. The van der Waals surface area contributed by atoms with Crippen molar-refractivity contribution in [2.75, 3.05) is 18.4 Å². The molecule has 1 heterocycles. The zero-order valence-electron chi connectivity index (χ0n) is 26.4. The van der Waals surface area contributed by atoms with Gasteiger partial charge in [-0.3, -0.25) is 33.6 Å². The topological polar surface area (TPSA) is 215 Å². The fraction of sp³-hybridized carbons (Fsp3) is 0.303. The minimum Gasteiger partial charge on any atom is -0.452 e. The van der Waals surface area contributed by atoms with Crippen LogP contribution in [0.1, 0.15) is 29.3 Å². The summed E-state index contributed by atoms with van der Waals surface area (Å²) in [6, 6.07) is 17.0. The molecule has 15 heteroatoms. The molecule has 14 nitrogen and oxygen atoms in total. The zero-order valence-corrected chi connectivity index (χ0v) is 27.3. The highest BCUT2D eigenvalue weighted by Gasteiger charge is 2.29. The SMILES string of the molecule is CC(=O)O[C@H](CC(=O)N[C@H](Cc1cccs1)C(=O)NCC(=O)N[C@H](Cc1ccccc1)C(=O)NCC(N)=O)C(=O)Nc1ccc(C)cc1. The summed E-state index contributed by atoms with van der Waals surface area (Å²) in [5.41, 5.74) is 7.27. The maximum Gasteiger partial charge on any atom is 0.303 e. The molecule has 2 aromatic carbocycles. The highest BCUT2D eigenvalue weighted by Crippen LogP contribution is 2.14. The Hall–Kier alpha value is -5.57. The van der Waals surface area contributed by atoms with E-state index in [1.165, 1.54) is 11.3 Å². The minimum absolute atomic E-state index is 0.0663. The molecule has 0 radical (unpaired) electrons. The van der Waals surface area contributed by atoms with Gasteiger partial charge in [-0.25, -0.2) is 0 Å². The number of thiophene rings is 1. The van der Waals surface area contributed by atoms with Crippen LogP contribution < -0.4 is 32.3 Å². The highest BCUT2D eigenvalue weighted by molar-refractivity contribution is 7.09. The summed E-state index contributed by atoms with van der Waals surface area (Å²) in [6.07, 6.45) is -1.89. The summed E-state index contributed by atoms with van der Waals surface area (Å²) in [4.78, 5) is 88.5. The number of esters is 1. The Morgan fingerprint density at radius 3 is 1.98 bits per heavy atom. The van der Waals surface area contributed by atoms with Crippen molar-refractivity contribution >= 4 is 58.4 Å². The third-order valence-corrected chi connectivity index (χ3v) is 7.62. The second-order valence-corrected chi connectivity index (χ2v) is 11.8. The second-order valence-electron chi connectivity index (χ2n) is 10.8. The Morgan fingerprint density at radius 1 is 0.750 bits per heavy atom.